The number of nitrogens with zero attached hydrogens (tertiary/aromatic N) is 2. The van der Waals surface area contributed by atoms with Gasteiger partial charge in [0.25, 0.3) is 0 Å². The van der Waals surface area contributed by atoms with Crippen molar-refractivity contribution in [2.75, 3.05) is 0 Å². The summed E-state index contributed by atoms with van der Waals surface area (Å²) in [4.78, 5) is 8.35. The molecule has 0 fully saturated rings. The minimum absolute atomic E-state index is 0.292. The molecule has 2 bridgehead atoms. The lowest BCUT2D eigenvalue weighted by atomic mass is 9.99. The van der Waals surface area contributed by atoms with Crippen LogP contribution in [0, 0.1) is 5.92 Å². The van der Waals surface area contributed by atoms with Crippen LogP contribution in [0.15, 0.2) is 9.98 Å². The lowest BCUT2D eigenvalue weighted by Crippen LogP contribution is -2.22. The Morgan fingerprint density at radius 3 is 2.00 bits per heavy atom. The Bertz CT molecular complexity index is 119. The highest BCUT2D eigenvalue weighted by atomic mass is 15.0. The summed E-state index contributed by atoms with van der Waals surface area (Å²) in [6, 6.07) is 0. The molecule has 0 saturated heterocycles. The van der Waals surface area contributed by atoms with Crippen LogP contribution in [0.1, 0.15) is 12.8 Å². The molecule has 3 heterocycles. The lowest BCUT2D eigenvalue weighted by molar-refractivity contribution is 0.540. The van der Waals surface area contributed by atoms with Crippen LogP contribution in [0.4, 0.5) is 0 Å². The highest BCUT2D eigenvalue weighted by Gasteiger charge is 2.18. The fraction of sp³-hybridized carbons (Fsp3) is 0.667. The minimum Gasteiger partial charge on any atom is -0.270 e. The molecular formula is C6H8N2. The number of aliphatic imine (C=N–C) groups is 2. The monoisotopic (exact) mass is 108 g/mol. The Labute approximate surface area is 48.3 Å². The van der Waals surface area contributed by atoms with Crippen LogP contribution >= 0.6 is 0 Å². The van der Waals surface area contributed by atoms with Gasteiger partial charge in [-0.05, 0) is 12.8 Å². The van der Waals surface area contributed by atoms with Crippen LogP contribution in [0.25, 0.3) is 0 Å². The first-order chi connectivity index (χ1) is 3.95. The van der Waals surface area contributed by atoms with Crippen LogP contribution in [0.3, 0.4) is 0 Å². The van der Waals surface area contributed by atoms with Crippen molar-refractivity contribution in [3.8, 4) is 0 Å². The van der Waals surface area contributed by atoms with E-state index in [1.807, 2.05) is 12.4 Å². The molecule has 0 aliphatic carbocycles. The van der Waals surface area contributed by atoms with Gasteiger partial charge in [-0.1, -0.05) is 0 Å². The van der Waals surface area contributed by atoms with Crippen molar-refractivity contribution in [3.05, 3.63) is 0 Å². The Balaban J connectivity index is 2.31. The maximum Gasteiger partial charge on any atom is 0.138 e. The summed E-state index contributed by atoms with van der Waals surface area (Å²) >= 11 is 0. The first-order valence-electron chi connectivity index (χ1n) is 3.02. The second-order valence-electron chi connectivity index (χ2n) is 2.32. The highest BCUT2D eigenvalue weighted by Crippen LogP contribution is 2.19. The first-order valence-corrected chi connectivity index (χ1v) is 3.02. The van der Waals surface area contributed by atoms with E-state index in [0.29, 0.717) is 12.1 Å². The normalized spacial score (nSPS) is 41.0. The Hall–Kier alpha value is -0.660. The Morgan fingerprint density at radius 1 is 1.12 bits per heavy atom. The fourth-order valence-corrected chi connectivity index (χ4v) is 1.14. The molecule has 0 unspecified atom stereocenters. The molecule has 0 radical (unpaired) electrons. The molecule has 3 aliphatic rings. The van der Waals surface area contributed by atoms with Crippen molar-refractivity contribution in [2.24, 2.45) is 15.9 Å². The van der Waals surface area contributed by atoms with E-state index in [1.54, 1.807) is 0 Å². The van der Waals surface area contributed by atoms with E-state index in [-0.39, 0.29) is 0 Å². The van der Waals surface area contributed by atoms with Crippen LogP contribution in [-0.4, -0.2) is 18.6 Å². The molecule has 3 rings (SSSR count). The zero-order chi connectivity index (χ0) is 5.40. The molecule has 0 N–H and O–H groups in total. The van der Waals surface area contributed by atoms with E-state index in [0.717, 1.165) is 6.42 Å². The third-order valence-corrected chi connectivity index (χ3v) is 1.66. The molecule has 0 aromatic rings. The zero-order valence-corrected chi connectivity index (χ0v) is 4.62. The molecule has 0 spiro atoms. The summed E-state index contributed by atoms with van der Waals surface area (Å²) in [5.41, 5.74) is 0. The summed E-state index contributed by atoms with van der Waals surface area (Å²) < 4.78 is 0. The summed E-state index contributed by atoms with van der Waals surface area (Å²) in [6.45, 7) is 0. The average Bonchev–Trinajstić information content (AvgIpc) is 1.92. The summed E-state index contributed by atoms with van der Waals surface area (Å²) in [7, 11) is 0. The van der Waals surface area contributed by atoms with Crippen molar-refractivity contribution in [1.29, 1.82) is 0 Å². The minimum atomic E-state index is 0.292. The largest absolute Gasteiger partial charge is 0.270 e. The van der Waals surface area contributed by atoms with Crippen molar-refractivity contribution in [3.63, 3.8) is 0 Å². The maximum absolute atomic E-state index is 4.17. The maximum atomic E-state index is 4.17. The van der Waals surface area contributed by atoms with Crippen LogP contribution < -0.4 is 0 Å². The molecule has 0 aromatic carbocycles. The van der Waals surface area contributed by atoms with Crippen molar-refractivity contribution >= 4 is 12.4 Å². The van der Waals surface area contributed by atoms with E-state index in [2.05, 4.69) is 9.98 Å². The third-order valence-electron chi connectivity index (χ3n) is 1.66. The number of hydrogen-bond donors (Lipinski definition) is 0. The van der Waals surface area contributed by atoms with E-state index >= 15 is 0 Å². The van der Waals surface area contributed by atoms with Gasteiger partial charge in [-0.2, -0.15) is 0 Å². The number of fused-ring (bicyclic) bond motifs is 1. The zero-order valence-electron chi connectivity index (χ0n) is 4.62. The molecule has 0 aromatic heterocycles. The van der Waals surface area contributed by atoms with Gasteiger partial charge in [-0.15, -0.1) is 0 Å². The molecular weight excluding hydrogens is 100 g/mol. The average molecular weight is 108 g/mol. The van der Waals surface area contributed by atoms with E-state index in [4.69, 9.17) is 0 Å². The second-order valence-corrected chi connectivity index (χ2v) is 2.32. The predicted molar refractivity (Wildman–Crippen MR) is 33.5 cm³/mol. The van der Waals surface area contributed by atoms with Gasteiger partial charge < -0.3 is 0 Å². The molecule has 0 amide bonds. The number of hydrogen-bond acceptors (Lipinski definition) is 2. The second kappa shape index (κ2) is 1.41. The smallest absolute Gasteiger partial charge is 0.138 e. The molecule has 0 atom stereocenters. The van der Waals surface area contributed by atoms with Gasteiger partial charge >= 0.3 is 0 Å². The van der Waals surface area contributed by atoms with E-state index < -0.39 is 0 Å². The van der Waals surface area contributed by atoms with Crippen LogP contribution in [0.2, 0.25) is 0 Å². The summed E-state index contributed by atoms with van der Waals surface area (Å²) in [5, 5.41) is 0. The molecule has 42 valence electrons. The lowest BCUT2D eigenvalue weighted by Gasteiger charge is -2.21. The van der Waals surface area contributed by atoms with Gasteiger partial charge in [0, 0.05) is 18.3 Å². The molecule has 3 aliphatic heterocycles. The molecule has 2 nitrogen and oxygen atoms in total. The predicted octanol–water partition coefficient (Wildman–Crippen LogP) is 0.878. The Kier molecular flexibility index (Phi) is 0.745. The fourth-order valence-electron chi connectivity index (χ4n) is 1.14. The van der Waals surface area contributed by atoms with Gasteiger partial charge in [-0.3, -0.25) is 9.98 Å². The van der Waals surface area contributed by atoms with Crippen molar-refractivity contribution < 1.29 is 0 Å². The standard InChI is InChI=1S/C6H8N2/c1-2-6-7-3-5(1)4-8-6/h3-6H,1-2H2. The van der Waals surface area contributed by atoms with Crippen molar-refractivity contribution in [1.82, 2.24) is 0 Å². The highest BCUT2D eigenvalue weighted by molar-refractivity contribution is 5.85. The van der Waals surface area contributed by atoms with Gasteiger partial charge in [0.15, 0.2) is 0 Å². The first kappa shape index (κ1) is 4.24. The molecule has 8 heavy (non-hydrogen) atoms. The molecule has 0 saturated carbocycles. The van der Waals surface area contributed by atoms with Crippen LogP contribution in [-0.2, 0) is 0 Å². The SMILES string of the molecule is C1=NC2CCC1C=N2. The quantitative estimate of drug-likeness (QED) is 0.440. The third kappa shape index (κ3) is 0.489. The topological polar surface area (TPSA) is 24.7 Å². The van der Waals surface area contributed by atoms with Crippen LogP contribution in [0.5, 0.6) is 0 Å². The van der Waals surface area contributed by atoms with Crippen molar-refractivity contribution in [2.45, 2.75) is 19.0 Å². The van der Waals surface area contributed by atoms with Gasteiger partial charge in [0.2, 0.25) is 0 Å². The van der Waals surface area contributed by atoms with E-state index in [9.17, 15) is 0 Å². The van der Waals surface area contributed by atoms with E-state index in [1.165, 1.54) is 6.42 Å². The number of rotatable bonds is 0. The Morgan fingerprint density at radius 2 is 1.88 bits per heavy atom. The van der Waals surface area contributed by atoms with Gasteiger partial charge in [0.05, 0.1) is 0 Å². The molecule has 2 heteroatoms. The summed E-state index contributed by atoms with van der Waals surface area (Å²) in [5.74, 6) is 0.569. The van der Waals surface area contributed by atoms with Gasteiger partial charge in [0.1, 0.15) is 6.17 Å². The summed E-state index contributed by atoms with van der Waals surface area (Å²) in [6.07, 6.45) is 6.75. The van der Waals surface area contributed by atoms with Gasteiger partial charge in [-0.25, -0.2) is 0 Å².